The van der Waals surface area contributed by atoms with Gasteiger partial charge >= 0.3 is 0 Å². The van der Waals surface area contributed by atoms with Gasteiger partial charge in [-0.05, 0) is 44.9 Å². The van der Waals surface area contributed by atoms with Crippen LogP contribution in [-0.2, 0) is 21.1 Å². The highest BCUT2D eigenvalue weighted by atomic mass is 32.2. The van der Waals surface area contributed by atoms with Gasteiger partial charge in [0.1, 0.15) is 5.54 Å². The summed E-state index contributed by atoms with van der Waals surface area (Å²) in [6.45, 7) is 8.75. The number of likely N-dealkylation sites (N-methyl/N-ethyl adjacent to an activating group) is 1. The standard InChI is InChI=1S/C18H26N2O4S/c1-6-13-8-9-14(12-15(13)25(5,23)24)16(21)20-11-10-19(7-2)17(22)18(20,3)4/h8-9,12H,6-7,10-11H2,1-5H3. The lowest BCUT2D eigenvalue weighted by atomic mass is 9.96. The van der Waals surface area contributed by atoms with E-state index in [0.717, 1.165) is 6.26 Å². The van der Waals surface area contributed by atoms with Gasteiger partial charge in [0.05, 0.1) is 4.90 Å². The van der Waals surface area contributed by atoms with Crippen LogP contribution in [0, 0.1) is 0 Å². The van der Waals surface area contributed by atoms with Gasteiger partial charge in [-0.15, -0.1) is 0 Å². The number of benzene rings is 1. The molecule has 1 aliphatic heterocycles. The van der Waals surface area contributed by atoms with Crippen molar-refractivity contribution in [3.8, 4) is 0 Å². The summed E-state index contributed by atoms with van der Waals surface area (Å²) in [6, 6.07) is 4.76. The molecule has 2 rings (SSSR count). The van der Waals surface area contributed by atoms with E-state index < -0.39 is 15.4 Å². The molecule has 25 heavy (non-hydrogen) atoms. The zero-order chi connectivity index (χ0) is 19.0. The molecule has 1 aromatic rings. The Morgan fingerprint density at radius 1 is 1.20 bits per heavy atom. The van der Waals surface area contributed by atoms with Crippen LogP contribution in [0.1, 0.15) is 43.6 Å². The average Bonchev–Trinajstić information content (AvgIpc) is 2.55. The van der Waals surface area contributed by atoms with E-state index in [1.807, 2.05) is 13.8 Å². The number of hydrogen-bond donors (Lipinski definition) is 0. The molecule has 0 unspecified atom stereocenters. The molecule has 0 N–H and O–H groups in total. The molecule has 0 atom stereocenters. The second kappa shape index (κ2) is 6.78. The predicted molar refractivity (Wildman–Crippen MR) is 96.3 cm³/mol. The highest BCUT2D eigenvalue weighted by Gasteiger charge is 2.43. The Kier molecular flexibility index (Phi) is 5.27. The smallest absolute Gasteiger partial charge is 0.254 e. The Hall–Kier alpha value is -1.89. The summed E-state index contributed by atoms with van der Waals surface area (Å²) in [6.07, 6.45) is 1.71. The molecule has 0 aromatic heterocycles. The number of carbonyl (C=O) groups excluding carboxylic acids is 2. The van der Waals surface area contributed by atoms with E-state index in [9.17, 15) is 18.0 Å². The van der Waals surface area contributed by atoms with E-state index in [4.69, 9.17) is 0 Å². The van der Waals surface area contributed by atoms with Gasteiger partial charge in [0, 0.05) is 31.5 Å². The van der Waals surface area contributed by atoms with Crippen molar-refractivity contribution in [2.75, 3.05) is 25.9 Å². The molecule has 6 nitrogen and oxygen atoms in total. The Bertz CT molecular complexity index is 799. The highest BCUT2D eigenvalue weighted by molar-refractivity contribution is 7.90. The fourth-order valence-electron chi connectivity index (χ4n) is 3.24. The Morgan fingerprint density at radius 2 is 1.84 bits per heavy atom. The molecule has 138 valence electrons. The maximum absolute atomic E-state index is 13.0. The SMILES string of the molecule is CCc1ccc(C(=O)N2CCN(CC)C(=O)C2(C)C)cc1S(C)(=O)=O. The number of rotatable bonds is 4. The molecule has 1 saturated heterocycles. The summed E-state index contributed by atoms with van der Waals surface area (Å²) in [5.41, 5.74) is 0.0219. The van der Waals surface area contributed by atoms with Gasteiger partial charge in [-0.2, -0.15) is 0 Å². The maximum Gasteiger partial charge on any atom is 0.254 e. The molecule has 0 aliphatic carbocycles. The van der Waals surface area contributed by atoms with Crippen LogP contribution in [0.3, 0.4) is 0 Å². The number of aryl methyl sites for hydroxylation is 1. The fraction of sp³-hybridized carbons (Fsp3) is 0.556. The quantitative estimate of drug-likeness (QED) is 0.813. The lowest BCUT2D eigenvalue weighted by molar-refractivity contribution is -0.146. The number of carbonyl (C=O) groups is 2. The van der Waals surface area contributed by atoms with Crippen LogP contribution in [0.2, 0.25) is 0 Å². The lowest BCUT2D eigenvalue weighted by Crippen LogP contribution is -2.64. The first-order chi connectivity index (χ1) is 11.5. The van der Waals surface area contributed by atoms with E-state index in [1.54, 1.807) is 30.9 Å². The first-order valence-corrected chi connectivity index (χ1v) is 10.4. The third-order valence-corrected chi connectivity index (χ3v) is 5.98. The van der Waals surface area contributed by atoms with Crippen LogP contribution in [0.4, 0.5) is 0 Å². The highest BCUT2D eigenvalue weighted by Crippen LogP contribution is 2.26. The van der Waals surface area contributed by atoms with E-state index in [-0.39, 0.29) is 16.7 Å². The monoisotopic (exact) mass is 366 g/mol. The minimum atomic E-state index is -3.43. The summed E-state index contributed by atoms with van der Waals surface area (Å²) in [5, 5.41) is 0. The van der Waals surface area contributed by atoms with Gasteiger partial charge in [-0.3, -0.25) is 9.59 Å². The number of hydrogen-bond acceptors (Lipinski definition) is 4. The van der Waals surface area contributed by atoms with E-state index in [2.05, 4.69) is 0 Å². The second-order valence-electron chi connectivity index (χ2n) is 6.85. The number of piperazine rings is 1. The topological polar surface area (TPSA) is 74.8 Å². The van der Waals surface area contributed by atoms with E-state index in [0.29, 0.717) is 37.2 Å². The van der Waals surface area contributed by atoms with Crippen LogP contribution in [0.15, 0.2) is 23.1 Å². The fourth-order valence-corrected chi connectivity index (χ4v) is 4.27. The zero-order valence-electron chi connectivity index (χ0n) is 15.5. The number of sulfone groups is 1. The van der Waals surface area contributed by atoms with Gasteiger partial charge in [0.2, 0.25) is 5.91 Å². The van der Waals surface area contributed by atoms with Crippen LogP contribution >= 0.6 is 0 Å². The molecule has 1 fully saturated rings. The predicted octanol–water partition coefficient (Wildman–Crippen LogP) is 1.74. The third kappa shape index (κ3) is 3.56. The molecule has 1 aliphatic rings. The van der Waals surface area contributed by atoms with Gasteiger partial charge in [0.25, 0.3) is 5.91 Å². The summed E-state index contributed by atoms with van der Waals surface area (Å²) < 4.78 is 24.1. The minimum Gasteiger partial charge on any atom is -0.339 e. The maximum atomic E-state index is 13.0. The van der Waals surface area contributed by atoms with Crippen molar-refractivity contribution in [1.82, 2.24) is 9.80 Å². The molecule has 1 aromatic carbocycles. The molecular formula is C18H26N2O4S. The first-order valence-electron chi connectivity index (χ1n) is 8.48. The van der Waals surface area contributed by atoms with Crippen LogP contribution in [-0.4, -0.2) is 61.5 Å². The second-order valence-corrected chi connectivity index (χ2v) is 8.83. The lowest BCUT2D eigenvalue weighted by Gasteiger charge is -2.45. The van der Waals surface area contributed by atoms with Crippen molar-refractivity contribution < 1.29 is 18.0 Å². The molecule has 0 bridgehead atoms. The van der Waals surface area contributed by atoms with Crippen LogP contribution in [0.25, 0.3) is 0 Å². The Labute approximate surface area is 149 Å². The average molecular weight is 366 g/mol. The molecule has 0 spiro atoms. The van der Waals surface area contributed by atoms with Gasteiger partial charge in [-0.1, -0.05) is 13.0 Å². The van der Waals surface area contributed by atoms with Gasteiger partial charge in [-0.25, -0.2) is 8.42 Å². The van der Waals surface area contributed by atoms with Gasteiger partial charge < -0.3 is 9.80 Å². The largest absolute Gasteiger partial charge is 0.339 e. The summed E-state index contributed by atoms with van der Waals surface area (Å²) in [5.74, 6) is -0.412. The number of amides is 2. The normalized spacial score (nSPS) is 17.7. The van der Waals surface area contributed by atoms with Crippen molar-refractivity contribution in [2.45, 2.75) is 44.6 Å². The van der Waals surface area contributed by atoms with E-state index >= 15 is 0 Å². The summed E-state index contributed by atoms with van der Waals surface area (Å²) in [7, 11) is -3.43. The Morgan fingerprint density at radius 3 is 2.36 bits per heavy atom. The van der Waals surface area contributed by atoms with Crippen molar-refractivity contribution in [3.63, 3.8) is 0 Å². The van der Waals surface area contributed by atoms with Crippen LogP contribution < -0.4 is 0 Å². The van der Waals surface area contributed by atoms with Gasteiger partial charge in [0.15, 0.2) is 9.84 Å². The van der Waals surface area contributed by atoms with Crippen molar-refractivity contribution in [2.24, 2.45) is 0 Å². The molecule has 2 amide bonds. The van der Waals surface area contributed by atoms with Crippen molar-refractivity contribution >= 4 is 21.7 Å². The molecule has 1 heterocycles. The third-order valence-electron chi connectivity index (χ3n) is 4.80. The number of nitrogens with zero attached hydrogens (tertiary/aromatic N) is 2. The molecule has 0 saturated carbocycles. The summed E-state index contributed by atoms with van der Waals surface area (Å²) in [4.78, 5) is 29.0. The molecule has 0 radical (unpaired) electrons. The van der Waals surface area contributed by atoms with Crippen molar-refractivity contribution in [3.05, 3.63) is 29.3 Å². The Balaban J connectivity index is 2.43. The zero-order valence-corrected chi connectivity index (χ0v) is 16.3. The molecule has 7 heteroatoms. The van der Waals surface area contributed by atoms with Crippen LogP contribution in [0.5, 0.6) is 0 Å². The molecular weight excluding hydrogens is 340 g/mol. The minimum absolute atomic E-state index is 0.0943. The van der Waals surface area contributed by atoms with E-state index in [1.165, 1.54) is 11.0 Å². The summed E-state index contributed by atoms with van der Waals surface area (Å²) >= 11 is 0. The first kappa shape index (κ1) is 19.4. The van der Waals surface area contributed by atoms with Crippen molar-refractivity contribution in [1.29, 1.82) is 0 Å².